The first-order valence-electron chi connectivity index (χ1n) is 15.3. The maximum atomic E-state index is 13.2. The van der Waals surface area contributed by atoms with Gasteiger partial charge in [-0.1, -0.05) is 0 Å². The van der Waals surface area contributed by atoms with Gasteiger partial charge in [0.2, 0.25) is 0 Å². The van der Waals surface area contributed by atoms with Crippen molar-refractivity contribution < 1.29 is 23.4 Å². The molecule has 0 N–H and O–H groups in total. The van der Waals surface area contributed by atoms with Gasteiger partial charge in [-0.15, -0.1) is 0 Å². The van der Waals surface area contributed by atoms with Crippen LogP contribution in [-0.4, -0.2) is 39.4 Å². The molecule has 0 radical (unpaired) electrons. The van der Waals surface area contributed by atoms with Crippen molar-refractivity contribution in [3.8, 4) is 0 Å². The molecule has 0 spiro atoms. The predicted molar refractivity (Wildman–Crippen MR) is 152 cm³/mol. The Morgan fingerprint density at radius 3 is 0.784 bits per heavy atom. The summed E-state index contributed by atoms with van der Waals surface area (Å²) in [5, 5.41) is 0. The van der Waals surface area contributed by atoms with Crippen LogP contribution in [0.5, 0.6) is 0 Å². The Morgan fingerprint density at radius 2 is 0.622 bits per heavy atom. The molecule has 0 aliphatic heterocycles. The van der Waals surface area contributed by atoms with Crippen molar-refractivity contribution in [1.29, 1.82) is 0 Å². The standard InChI is InChI=1S/3C10H20O2.Sb/c3*1-3-5-7-9(10(11)12)8-6-4-2;/h3*9H,3-8H2,1-2H3,(H,11,12);/q;;;+3/p-3. The van der Waals surface area contributed by atoms with Crippen molar-refractivity contribution in [3.63, 3.8) is 0 Å². The Kier molecular flexibility index (Phi) is 23.8. The summed E-state index contributed by atoms with van der Waals surface area (Å²) in [7, 11) is 0. The number of unbranched alkanes of at least 4 members (excludes halogenated alkanes) is 6. The van der Waals surface area contributed by atoms with Gasteiger partial charge in [0, 0.05) is 0 Å². The van der Waals surface area contributed by atoms with Gasteiger partial charge >= 0.3 is 238 Å². The third-order valence-electron chi connectivity index (χ3n) is 6.93. The van der Waals surface area contributed by atoms with E-state index in [2.05, 4.69) is 41.5 Å². The SMILES string of the molecule is CCCCC(CCCC)C(=O)[O][Sb]([O]C(=O)C(CCCC)CCCC)[O]C(=O)C(CCCC)CCCC. The molecule has 37 heavy (non-hydrogen) atoms. The first-order chi connectivity index (χ1) is 17.9. The first-order valence-corrected chi connectivity index (χ1v) is 18.5. The van der Waals surface area contributed by atoms with Crippen LogP contribution in [-0.2, 0) is 23.4 Å². The van der Waals surface area contributed by atoms with Crippen LogP contribution >= 0.6 is 0 Å². The molecule has 0 atom stereocenters. The second-order valence-corrected chi connectivity index (χ2v) is 13.2. The molecule has 6 nitrogen and oxygen atoms in total. The van der Waals surface area contributed by atoms with E-state index < -0.39 is 21.5 Å². The zero-order chi connectivity index (χ0) is 27.9. The Bertz CT molecular complexity index is 492. The molecular weight excluding hydrogens is 578 g/mol. The number of carbonyl (C=O) groups excluding carboxylic acids is 3. The molecule has 0 heterocycles. The first kappa shape index (κ1) is 36.2. The summed E-state index contributed by atoms with van der Waals surface area (Å²) in [5.41, 5.74) is 0. The van der Waals surface area contributed by atoms with E-state index >= 15 is 0 Å². The van der Waals surface area contributed by atoms with Crippen LogP contribution in [0.25, 0.3) is 0 Å². The van der Waals surface area contributed by atoms with Crippen LogP contribution in [0.4, 0.5) is 0 Å². The molecule has 0 bridgehead atoms. The molecule has 0 aliphatic rings. The van der Waals surface area contributed by atoms with Gasteiger partial charge in [0.1, 0.15) is 0 Å². The minimum absolute atomic E-state index is 0.240. The van der Waals surface area contributed by atoms with E-state index in [0.29, 0.717) is 0 Å². The molecule has 0 aliphatic carbocycles. The number of hydrogen-bond donors (Lipinski definition) is 0. The van der Waals surface area contributed by atoms with Crippen molar-refractivity contribution in [1.82, 2.24) is 0 Å². The zero-order valence-corrected chi connectivity index (χ0v) is 27.4. The summed E-state index contributed by atoms with van der Waals surface area (Å²) >= 11 is -3.88. The van der Waals surface area contributed by atoms with Crippen molar-refractivity contribution >= 4 is 39.4 Å². The Morgan fingerprint density at radius 1 is 0.432 bits per heavy atom. The molecule has 0 aromatic carbocycles. The number of hydrogen-bond acceptors (Lipinski definition) is 6. The van der Waals surface area contributed by atoms with Crippen LogP contribution in [0.2, 0.25) is 0 Å². The van der Waals surface area contributed by atoms with Gasteiger partial charge in [-0.2, -0.15) is 0 Å². The summed E-state index contributed by atoms with van der Waals surface area (Å²) in [4.78, 5) is 39.6. The summed E-state index contributed by atoms with van der Waals surface area (Å²) in [6, 6.07) is 0. The molecule has 0 saturated carbocycles. The van der Waals surface area contributed by atoms with Crippen molar-refractivity contribution in [2.75, 3.05) is 0 Å². The Balaban J connectivity index is 5.69. The quantitative estimate of drug-likeness (QED) is 0.0989. The molecule has 0 unspecified atom stereocenters. The summed E-state index contributed by atoms with van der Waals surface area (Å²) in [6.45, 7) is 12.6. The number of carbonyl (C=O) groups is 3. The fourth-order valence-corrected chi connectivity index (χ4v) is 7.20. The third kappa shape index (κ3) is 17.4. The zero-order valence-electron chi connectivity index (χ0n) is 24.9. The van der Waals surface area contributed by atoms with E-state index in [0.717, 1.165) is 116 Å². The van der Waals surface area contributed by atoms with Crippen LogP contribution in [0.15, 0.2) is 0 Å². The van der Waals surface area contributed by atoms with E-state index in [4.69, 9.17) is 9.05 Å². The summed E-state index contributed by atoms with van der Waals surface area (Å²) < 4.78 is 17.5. The molecule has 0 amide bonds. The fraction of sp³-hybridized carbons (Fsp3) is 0.900. The van der Waals surface area contributed by atoms with Gasteiger partial charge in [-0.3, -0.25) is 0 Å². The topological polar surface area (TPSA) is 78.9 Å². The Labute approximate surface area is 237 Å². The van der Waals surface area contributed by atoms with E-state index in [1.54, 1.807) is 0 Å². The minimum atomic E-state index is -3.88. The van der Waals surface area contributed by atoms with Crippen molar-refractivity contribution in [2.24, 2.45) is 17.8 Å². The van der Waals surface area contributed by atoms with Crippen LogP contribution in [0.1, 0.15) is 157 Å². The third-order valence-corrected chi connectivity index (χ3v) is 9.75. The van der Waals surface area contributed by atoms with Crippen LogP contribution in [0.3, 0.4) is 0 Å². The second-order valence-electron chi connectivity index (χ2n) is 10.4. The van der Waals surface area contributed by atoms with Crippen molar-refractivity contribution in [3.05, 3.63) is 0 Å². The van der Waals surface area contributed by atoms with Gasteiger partial charge in [-0.05, 0) is 0 Å². The molecule has 0 aromatic heterocycles. The van der Waals surface area contributed by atoms with Gasteiger partial charge in [0.05, 0.1) is 0 Å². The monoisotopic (exact) mass is 634 g/mol. The van der Waals surface area contributed by atoms with E-state index in [1.807, 2.05) is 0 Å². The molecule has 218 valence electrons. The normalized spacial score (nSPS) is 11.5. The van der Waals surface area contributed by atoms with E-state index in [-0.39, 0.29) is 35.7 Å². The van der Waals surface area contributed by atoms with Gasteiger partial charge < -0.3 is 0 Å². The summed E-state index contributed by atoms with van der Waals surface area (Å²) in [6.07, 6.45) is 16.1. The molecule has 0 aromatic rings. The second kappa shape index (κ2) is 24.3. The fourth-order valence-electron chi connectivity index (χ4n) is 4.34. The molecule has 0 fully saturated rings. The average Bonchev–Trinajstić information content (AvgIpc) is 2.88. The van der Waals surface area contributed by atoms with Gasteiger partial charge in [0.15, 0.2) is 0 Å². The van der Waals surface area contributed by atoms with Crippen LogP contribution < -0.4 is 0 Å². The predicted octanol–water partition coefficient (Wildman–Crippen LogP) is 8.59. The maximum absolute atomic E-state index is 13.2. The average molecular weight is 636 g/mol. The van der Waals surface area contributed by atoms with E-state index in [1.165, 1.54) is 0 Å². The van der Waals surface area contributed by atoms with E-state index in [9.17, 15) is 14.4 Å². The Hall–Kier alpha value is -0.772. The van der Waals surface area contributed by atoms with Crippen molar-refractivity contribution in [2.45, 2.75) is 157 Å². The number of rotatable bonds is 24. The molecule has 7 heteroatoms. The summed E-state index contributed by atoms with van der Waals surface area (Å²) in [5.74, 6) is -1.79. The van der Waals surface area contributed by atoms with Gasteiger partial charge in [0.25, 0.3) is 0 Å². The van der Waals surface area contributed by atoms with Crippen LogP contribution in [0, 0.1) is 17.8 Å². The molecule has 0 saturated heterocycles. The molecular formula is C30H57O6Sb. The van der Waals surface area contributed by atoms with Gasteiger partial charge in [-0.25, -0.2) is 0 Å². The molecule has 0 rings (SSSR count).